The fourth-order valence-electron chi connectivity index (χ4n) is 3.01. The van der Waals surface area contributed by atoms with Crippen molar-refractivity contribution in [2.45, 2.75) is 90.8 Å². The van der Waals surface area contributed by atoms with Crippen molar-refractivity contribution < 1.29 is 18.8 Å². The molecule has 1 aliphatic rings. The summed E-state index contributed by atoms with van der Waals surface area (Å²) >= 11 is 2.32. The van der Waals surface area contributed by atoms with Crippen LogP contribution >= 0.6 is 22.6 Å². The number of rotatable bonds is 7. The number of esters is 1. The second-order valence-electron chi connectivity index (χ2n) is 9.71. The highest BCUT2D eigenvalue weighted by molar-refractivity contribution is 14.1. The summed E-state index contributed by atoms with van der Waals surface area (Å²) in [6.07, 6.45) is 0.733. The minimum absolute atomic E-state index is 0.0110. The van der Waals surface area contributed by atoms with Crippen LogP contribution in [0, 0.1) is 5.92 Å². The van der Waals surface area contributed by atoms with Gasteiger partial charge in [0.1, 0.15) is 12.1 Å². The lowest BCUT2D eigenvalue weighted by Crippen LogP contribution is -2.66. The lowest BCUT2D eigenvalue weighted by atomic mass is 9.82. The van der Waals surface area contributed by atoms with Crippen LogP contribution < -0.4 is 0 Å². The van der Waals surface area contributed by atoms with Gasteiger partial charge in [-0.05, 0) is 52.2 Å². The maximum absolute atomic E-state index is 12.8. The lowest BCUT2D eigenvalue weighted by Gasteiger charge is -2.51. The number of hydrogen-bond donors (Lipinski definition) is 0. The van der Waals surface area contributed by atoms with Gasteiger partial charge in [-0.15, -0.1) is 0 Å². The van der Waals surface area contributed by atoms with Crippen molar-refractivity contribution in [2.24, 2.45) is 5.92 Å². The van der Waals surface area contributed by atoms with Crippen LogP contribution in [0.2, 0.25) is 18.1 Å². The quantitative estimate of drug-likeness (QED) is 0.172. The zero-order valence-corrected chi connectivity index (χ0v) is 21.0. The molecule has 0 unspecified atom stereocenters. The van der Waals surface area contributed by atoms with Gasteiger partial charge in [0.15, 0.2) is 8.32 Å². The zero-order valence-electron chi connectivity index (χ0n) is 17.8. The van der Waals surface area contributed by atoms with Gasteiger partial charge in [0.2, 0.25) is 5.91 Å². The van der Waals surface area contributed by atoms with Crippen LogP contribution in [0.5, 0.6) is 0 Å². The van der Waals surface area contributed by atoms with Crippen LogP contribution in [0.4, 0.5) is 0 Å². The number of likely N-dealkylation sites (tertiary alicyclic amines) is 1. The van der Waals surface area contributed by atoms with Gasteiger partial charge in [-0.25, -0.2) is 0 Å². The van der Waals surface area contributed by atoms with Crippen LogP contribution in [0.15, 0.2) is 0 Å². The van der Waals surface area contributed by atoms with Crippen LogP contribution in [-0.4, -0.2) is 53.8 Å². The summed E-state index contributed by atoms with van der Waals surface area (Å²) in [5.41, 5.74) is -0.540. The molecule has 1 heterocycles. The molecule has 0 aromatic rings. The molecule has 26 heavy (non-hydrogen) atoms. The van der Waals surface area contributed by atoms with Crippen molar-refractivity contribution >= 4 is 42.8 Å². The molecule has 0 aromatic heterocycles. The normalized spacial score (nSPS) is 22.8. The molecular formula is C19H36INO4Si. The van der Waals surface area contributed by atoms with Gasteiger partial charge < -0.3 is 14.1 Å². The molecule has 152 valence electrons. The summed E-state index contributed by atoms with van der Waals surface area (Å²) in [5, 5.41) is 0.100. The maximum atomic E-state index is 12.8. The van der Waals surface area contributed by atoms with E-state index < -0.39 is 13.9 Å². The van der Waals surface area contributed by atoms with Crippen molar-refractivity contribution in [1.82, 2.24) is 4.90 Å². The van der Waals surface area contributed by atoms with E-state index in [4.69, 9.17) is 9.16 Å². The number of halogens is 1. The highest BCUT2D eigenvalue weighted by Crippen LogP contribution is 2.41. The molecule has 3 atom stereocenters. The molecule has 1 rings (SSSR count). The van der Waals surface area contributed by atoms with Crippen molar-refractivity contribution in [1.29, 1.82) is 0 Å². The Labute approximate surface area is 173 Å². The van der Waals surface area contributed by atoms with Gasteiger partial charge in [-0.1, -0.05) is 43.4 Å². The molecule has 0 aromatic carbocycles. The fourth-order valence-corrected chi connectivity index (χ4v) is 5.08. The van der Waals surface area contributed by atoms with E-state index in [1.165, 1.54) is 0 Å². The van der Waals surface area contributed by atoms with E-state index in [1.807, 2.05) is 27.7 Å². The van der Waals surface area contributed by atoms with E-state index in [9.17, 15) is 9.59 Å². The third kappa shape index (κ3) is 5.92. The summed E-state index contributed by atoms with van der Waals surface area (Å²) in [6, 6.07) is 0.0479. The number of carbonyl (C=O) groups excluding carboxylic acids is 2. The predicted octanol–water partition coefficient (Wildman–Crippen LogP) is 4.39. The molecule has 0 radical (unpaired) electrons. The van der Waals surface area contributed by atoms with Gasteiger partial charge in [0.25, 0.3) is 0 Å². The Morgan fingerprint density at radius 1 is 1.23 bits per heavy atom. The monoisotopic (exact) mass is 497 g/mol. The summed E-state index contributed by atoms with van der Waals surface area (Å²) in [4.78, 5) is 26.6. The average molecular weight is 497 g/mol. The first-order chi connectivity index (χ1) is 11.6. The van der Waals surface area contributed by atoms with E-state index in [1.54, 1.807) is 4.90 Å². The fraction of sp³-hybridized carbons (Fsp3) is 0.895. The minimum Gasteiger partial charge on any atom is -0.459 e. The van der Waals surface area contributed by atoms with Crippen molar-refractivity contribution in [3.8, 4) is 0 Å². The maximum Gasteiger partial charge on any atom is 0.326 e. The van der Waals surface area contributed by atoms with E-state index in [0.717, 1.165) is 10.8 Å². The smallest absolute Gasteiger partial charge is 0.326 e. The number of hydrogen-bond acceptors (Lipinski definition) is 4. The van der Waals surface area contributed by atoms with Crippen LogP contribution in [-0.2, 0) is 18.8 Å². The third-order valence-electron chi connectivity index (χ3n) is 5.30. The van der Waals surface area contributed by atoms with Gasteiger partial charge in [-0.2, -0.15) is 0 Å². The first-order valence-electron chi connectivity index (χ1n) is 9.37. The Bertz CT molecular complexity index is 525. The van der Waals surface area contributed by atoms with Crippen LogP contribution in [0.1, 0.15) is 54.9 Å². The SMILES string of the molecule is C[C@@H](O[Si](C)(C)C(C)(C)C)[C@H]1C(=O)N(CC(=O)OC(C)(C)C)[C@@H]1CCI. The molecular weight excluding hydrogens is 461 g/mol. The largest absolute Gasteiger partial charge is 0.459 e. The van der Waals surface area contributed by atoms with E-state index in [2.05, 4.69) is 56.5 Å². The lowest BCUT2D eigenvalue weighted by molar-refractivity contribution is -0.174. The molecule has 1 saturated heterocycles. The number of nitrogens with zero attached hydrogens (tertiary/aromatic N) is 1. The van der Waals surface area contributed by atoms with Gasteiger partial charge in [-0.3, -0.25) is 9.59 Å². The molecule has 0 bridgehead atoms. The molecule has 7 heteroatoms. The van der Waals surface area contributed by atoms with Crippen molar-refractivity contribution in [2.75, 3.05) is 11.0 Å². The van der Waals surface area contributed by atoms with E-state index >= 15 is 0 Å². The van der Waals surface area contributed by atoms with E-state index in [-0.39, 0.29) is 41.5 Å². The third-order valence-corrected chi connectivity index (χ3v) is 10.5. The van der Waals surface area contributed by atoms with E-state index in [0.29, 0.717) is 0 Å². The summed E-state index contributed by atoms with van der Waals surface area (Å²) in [5.74, 6) is -0.501. The molecule has 0 aliphatic carbocycles. The molecule has 1 aliphatic heterocycles. The molecule has 0 N–H and O–H groups in total. The molecule has 0 saturated carbocycles. The van der Waals surface area contributed by atoms with Gasteiger partial charge >= 0.3 is 5.97 Å². The van der Waals surface area contributed by atoms with Crippen LogP contribution in [0.3, 0.4) is 0 Å². The first-order valence-corrected chi connectivity index (χ1v) is 13.8. The van der Waals surface area contributed by atoms with Crippen molar-refractivity contribution in [3.05, 3.63) is 0 Å². The zero-order chi connectivity index (χ0) is 20.5. The summed E-state index contributed by atoms with van der Waals surface area (Å²) in [6.45, 7) is 18.6. The topological polar surface area (TPSA) is 55.8 Å². The number of alkyl halides is 1. The predicted molar refractivity (Wildman–Crippen MR) is 116 cm³/mol. The van der Waals surface area contributed by atoms with Gasteiger partial charge in [0.05, 0.1) is 12.0 Å². The first kappa shape index (κ1) is 23.9. The highest BCUT2D eigenvalue weighted by Gasteiger charge is 2.52. The number of carbonyl (C=O) groups is 2. The number of β-lactam (4-membered cyclic amide) rings is 1. The Balaban J connectivity index is 2.82. The average Bonchev–Trinajstić information content (AvgIpc) is 2.40. The van der Waals surface area contributed by atoms with Crippen LogP contribution in [0.25, 0.3) is 0 Å². The Morgan fingerprint density at radius 3 is 2.19 bits per heavy atom. The molecule has 1 amide bonds. The van der Waals surface area contributed by atoms with Crippen molar-refractivity contribution in [3.63, 3.8) is 0 Å². The number of ether oxygens (including phenoxy) is 1. The Morgan fingerprint density at radius 2 is 1.77 bits per heavy atom. The van der Waals surface area contributed by atoms with Gasteiger partial charge in [0, 0.05) is 10.5 Å². The molecule has 1 fully saturated rings. The minimum atomic E-state index is -1.95. The highest BCUT2D eigenvalue weighted by atomic mass is 127. The number of amides is 1. The Kier molecular flexibility index (Phi) is 7.78. The Hall–Kier alpha value is -0.153. The summed E-state index contributed by atoms with van der Waals surface area (Å²) < 4.78 is 12.8. The molecule has 0 spiro atoms. The second-order valence-corrected chi connectivity index (χ2v) is 15.5. The standard InChI is InChI=1S/C19H36INO4Si/c1-13(25-26(8,9)19(5,6)7)16-14(10-11-20)21(17(16)23)12-15(22)24-18(2,3)4/h13-14,16H,10-12H2,1-9H3/t13-,14-,16-/m1/s1. The second kappa shape index (κ2) is 8.47. The summed E-state index contributed by atoms with van der Waals surface area (Å²) in [7, 11) is -1.95. The molecule has 5 nitrogen and oxygen atoms in total.